The molecule has 0 radical (unpaired) electrons. The van der Waals surface area contributed by atoms with Gasteiger partial charge >= 0.3 is 12.0 Å². The number of hydrogen-bond acceptors (Lipinski definition) is 2. The number of carboxylic acid groups (broad SMARTS) is 1. The SMILES string of the molecule is C=CCC(NC(=O)NC(CC)c1ccccc1)C(=O)O. The molecule has 5 nitrogen and oxygen atoms in total. The highest BCUT2D eigenvalue weighted by molar-refractivity contribution is 5.82. The first-order valence-corrected chi connectivity index (χ1v) is 6.54. The molecule has 0 spiro atoms. The smallest absolute Gasteiger partial charge is 0.326 e. The van der Waals surface area contributed by atoms with E-state index in [4.69, 9.17) is 5.11 Å². The number of nitrogens with one attached hydrogen (secondary N) is 2. The molecule has 0 saturated heterocycles. The van der Waals surface area contributed by atoms with Gasteiger partial charge in [0.2, 0.25) is 0 Å². The van der Waals surface area contributed by atoms with E-state index in [1.54, 1.807) is 0 Å². The number of urea groups is 1. The number of rotatable bonds is 7. The van der Waals surface area contributed by atoms with Gasteiger partial charge in [-0.1, -0.05) is 43.3 Å². The van der Waals surface area contributed by atoms with Crippen molar-refractivity contribution < 1.29 is 14.7 Å². The molecule has 108 valence electrons. The Morgan fingerprint density at radius 3 is 2.45 bits per heavy atom. The van der Waals surface area contributed by atoms with Crippen molar-refractivity contribution in [3.05, 3.63) is 48.6 Å². The molecule has 0 saturated carbocycles. The standard InChI is InChI=1S/C15H20N2O3/c1-3-8-13(14(18)19)17-15(20)16-12(4-2)11-9-6-5-7-10-11/h3,5-7,9-10,12-13H,1,4,8H2,2H3,(H,18,19)(H2,16,17,20). The Labute approximate surface area is 118 Å². The topological polar surface area (TPSA) is 78.4 Å². The van der Waals surface area contributed by atoms with Crippen LogP contribution in [0.25, 0.3) is 0 Å². The van der Waals surface area contributed by atoms with Crippen LogP contribution in [0, 0.1) is 0 Å². The number of hydrogen-bond donors (Lipinski definition) is 3. The zero-order valence-electron chi connectivity index (χ0n) is 11.5. The van der Waals surface area contributed by atoms with E-state index in [2.05, 4.69) is 17.2 Å². The molecule has 3 N–H and O–H groups in total. The Kier molecular flexibility index (Phi) is 6.29. The third-order valence-corrected chi connectivity index (χ3v) is 2.92. The first-order valence-electron chi connectivity index (χ1n) is 6.54. The van der Waals surface area contributed by atoms with Gasteiger partial charge in [-0.3, -0.25) is 0 Å². The van der Waals surface area contributed by atoms with Gasteiger partial charge in [0, 0.05) is 0 Å². The zero-order valence-corrected chi connectivity index (χ0v) is 11.5. The van der Waals surface area contributed by atoms with Crippen LogP contribution in [-0.4, -0.2) is 23.1 Å². The maximum Gasteiger partial charge on any atom is 0.326 e. The second-order valence-electron chi connectivity index (χ2n) is 4.40. The molecule has 1 aromatic rings. The third-order valence-electron chi connectivity index (χ3n) is 2.92. The molecular formula is C15H20N2O3. The Bertz CT molecular complexity index is 459. The average Bonchev–Trinajstić information content (AvgIpc) is 2.45. The predicted octanol–water partition coefficient (Wildman–Crippen LogP) is 2.47. The number of benzene rings is 1. The lowest BCUT2D eigenvalue weighted by atomic mass is 10.1. The first-order chi connectivity index (χ1) is 9.58. The minimum atomic E-state index is -1.08. The second-order valence-corrected chi connectivity index (χ2v) is 4.40. The van der Waals surface area contributed by atoms with E-state index < -0.39 is 18.0 Å². The summed E-state index contributed by atoms with van der Waals surface area (Å²) in [5.74, 6) is -1.08. The van der Waals surface area contributed by atoms with E-state index in [-0.39, 0.29) is 12.5 Å². The number of amides is 2. The van der Waals surface area contributed by atoms with Crippen LogP contribution in [0.1, 0.15) is 31.4 Å². The number of carboxylic acids is 1. The molecule has 2 amide bonds. The van der Waals surface area contributed by atoms with Gasteiger partial charge in [-0.05, 0) is 18.4 Å². The van der Waals surface area contributed by atoms with Gasteiger partial charge in [-0.15, -0.1) is 6.58 Å². The van der Waals surface area contributed by atoms with Gasteiger partial charge in [-0.25, -0.2) is 9.59 Å². The molecule has 0 aliphatic carbocycles. The summed E-state index contributed by atoms with van der Waals surface area (Å²) in [5.41, 5.74) is 0.987. The summed E-state index contributed by atoms with van der Waals surface area (Å²) in [4.78, 5) is 22.8. The van der Waals surface area contributed by atoms with Crippen LogP contribution in [0.2, 0.25) is 0 Å². The monoisotopic (exact) mass is 276 g/mol. The van der Waals surface area contributed by atoms with E-state index >= 15 is 0 Å². The lowest BCUT2D eigenvalue weighted by Gasteiger charge is -2.20. The molecule has 0 fully saturated rings. The van der Waals surface area contributed by atoms with Crippen LogP contribution in [-0.2, 0) is 4.79 Å². The average molecular weight is 276 g/mol. The molecule has 2 atom stereocenters. The lowest BCUT2D eigenvalue weighted by Crippen LogP contribution is -2.46. The maximum absolute atomic E-state index is 11.9. The number of aliphatic carboxylic acids is 1. The van der Waals surface area contributed by atoms with Gasteiger partial charge in [0.15, 0.2) is 0 Å². The van der Waals surface area contributed by atoms with Gasteiger partial charge < -0.3 is 15.7 Å². The minimum absolute atomic E-state index is 0.144. The van der Waals surface area contributed by atoms with Gasteiger partial charge in [0.25, 0.3) is 0 Å². The molecule has 1 aromatic carbocycles. The molecular weight excluding hydrogens is 256 g/mol. The quantitative estimate of drug-likeness (QED) is 0.669. The molecule has 0 aliphatic heterocycles. The van der Waals surface area contributed by atoms with E-state index in [9.17, 15) is 9.59 Å². The summed E-state index contributed by atoms with van der Waals surface area (Å²) < 4.78 is 0. The van der Waals surface area contributed by atoms with E-state index in [0.717, 1.165) is 12.0 Å². The molecule has 1 rings (SSSR count). The molecule has 0 bridgehead atoms. The van der Waals surface area contributed by atoms with Gasteiger partial charge in [0.1, 0.15) is 6.04 Å². The van der Waals surface area contributed by atoms with Crippen molar-refractivity contribution in [2.75, 3.05) is 0 Å². The fourth-order valence-electron chi connectivity index (χ4n) is 1.85. The zero-order chi connectivity index (χ0) is 15.0. The second kappa shape index (κ2) is 7.99. The highest BCUT2D eigenvalue weighted by Crippen LogP contribution is 2.15. The summed E-state index contributed by atoms with van der Waals surface area (Å²) in [6.07, 6.45) is 2.37. The maximum atomic E-state index is 11.9. The Morgan fingerprint density at radius 2 is 1.95 bits per heavy atom. The molecule has 0 heterocycles. The molecule has 5 heteroatoms. The van der Waals surface area contributed by atoms with E-state index in [1.165, 1.54) is 6.08 Å². The fourth-order valence-corrected chi connectivity index (χ4v) is 1.85. The molecule has 0 aromatic heterocycles. The first kappa shape index (κ1) is 15.8. The number of carbonyl (C=O) groups is 2. The Hall–Kier alpha value is -2.30. The minimum Gasteiger partial charge on any atom is -0.480 e. The van der Waals surface area contributed by atoms with Crippen LogP contribution in [0.4, 0.5) is 4.79 Å². The van der Waals surface area contributed by atoms with Crippen molar-refractivity contribution in [3.63, 3.8) is 0 Å². The van der Waals surface area contributed by atoms with Crippen LogP contribution in [0.3, 0.4) is 0 Å². The van der Waals surface area contributed by atoms with Crippen molar-refractivity contribution in [1.82, 2.24) is 10.6 Å². The summed E-state index contributed by atoms with van der Waals surface area (Å²) in [6.45, 7) is 5.43. The van der Waals surface area contributed by atoms with E-state index in [0.29, 0.717) is 0 Å². The van der Waals surface area contributed by atoms with Crippen LogP contribution >= 0.6 is 0 Å². The van der Waals surface area contributed by atoms with Crippen molar-refractivity contribution in [2.45, 2.75) is 31.8 Å². The van der Waals surface area contributed by atoms with Crippen LogP contribution in [0.5, 0.6) is 0 Å². The fraction of sp³-hybridized carbons (Fsp3) is 0.333. The van der Waals surface area contributed by atoms with Crippen molar-refractivity contribution in [3.8, 4) is 0 Å². The normalized spacial score (nSPS) is 13.1. The third kappa shape index (κ3) is 4.76. The van der Waals surface area contributed by atoms with Gasteiger partial charge in [-0.2, -0.15) is 0 Å². The van der Waals surface area contributed by atoms with Crippen molar-refractivity contribution in [1.29, 1.82) is 0 Å². The summed E-state index contributed by atoms with van der Waals surface area (Å²) in [6, 6.07) is 7.95. The van der Waals surface area contributed by atoms with Gasteiger partial charge in [0.05, 0.1) is 6.04 Å². The highest BCUT2D eigenvalue weighted by atomic mass is 16.4. The Balaban J connectivity index is 2.63. The van der Waals surface area contributed by atoms with Crippen molar-refractivity contribution >= 4 is 12.0 Å². The Morgan fingerprint density at radius 1 is 1.30 bits per heavy atom. The highest BCUT2D eigenvalue weighted by Gasteiger charge is 2.20. The van der Waals surface area contributed by atoms with Crippen LogP contribution in [0.15, 0.2) is 43.0 Å². The summed E-state index contributed by atoms with van der Waals surface area (Å²) in [5, 5.41) is 14.2. The summed E-state index contributed by atoms with van der Waals surface area (Å²) >= 11 is 0. The van der Waals surface area contributed by atoms with Crippen LogP contribution < -0.4 is 10.6 Å². The largest absolute Gasteiger partial charge is 0.480 e. The number of carbonyl (C=O) groups excluding carboxylic acids is 1. The molecule has 20 heavy (non-hydrogen) atoms. The lowest BCUT2D eigenvalue weighted by molar-refractivity contribution is -0.139. The van der Waals surface area contributed by atoms with Crippen molar-refractivity contribution in [2.24, 2.45) is 0 Å². The molecule has 0 aliphatic rings. The predicted molar refractivity (Wildman–Crippen MR) is 77.4 cm³/mol. The van der Waals surface area contributed by atoms with E-state index in [1.807, 2.05) is 37.3 Å². The molecule has 2 unspecified atom stereocenters. The summed E-state index contributed by atoms with van der Waals surface area (Å²) in [7, 11) is 0.